The van der Waals surface area contributed by atoms with E-state index in [9.17, 15) is 9.59 Å². The molecule has 0 unspecified atom stereocenters. The second-order valence-corrected chi connectivity index (χ2v) is 8.15. The first-order chi connectivity index (χ1) is 11.4. The molecule has 0 radical (unpaired) electrons. The molecule has 1 aromatic heterocycles. The van der Waals surface area contributed by atoms with E-state index in [1.54, 1.807) is 6.92 Å². The Morgan fingerprint density at radius 2 is 1.88 bits per heavy atom. The van der Waals surface area contributed by atoms with Crippen LogP contribution in [-0.4, -0.2) is 33.8 Å². The zero-order chi connectivity index (χ0) is 17.7. The van der Waals surface area contributed by atoms with Crippen molar-refractivity contribution in [3.05, 3.63) is 34.3 Å². The summed E-state index contributed by atoms with van der Waals surface area (Å²) >= 11 is 2.78. The zero-order valence-corrected chi connectivity index (χ0v) is 15.7. The summed E-state index contributed by atoms with van der Waals surface area (Å²) in [5.74, 6) is -0.450. The van der Waals surface area contributed by atoms with Gasteiger partial charge in [0.2, 0.25) is 11.8 Å². The van der Waals surface area contributed by atoms with Gasteiger partial charge in [0.1, 0.15) is 5.01 Å². The summed E-state index contributed by atoms with van der Waals surface area (Å²) in [4.78, 5) is 24.1. The highest BCUT2D eigenvalue weighted by Crippen LogP contribution is 2.26. The van der Waals surface area contributed by atoms with Crippen LogP contribution in [0.15, 0.2) is 22.5 Å². The summed E-state index contributed by atoms with van der Waals surface area (Å²) in [5.41, 5.74) is 2.78. The highest BCUT2D eigenvalue weighted by atomic mass is 32.2. The Kier molecular flexibility index (Phi) is 6.33. The van der Waals surface area contributed by atoms with Crippen LogP contribution in [0.1, 0.15) is 23.1 Å². The minimum Gasteiger partial charge on any atom is -0.346 e. The number of aromatic nitrogens is 2. The molecule has 24 heavy (non-hydrogen) atoms. The molecule has 0 spiro atoms. The fourth-order valence-electron chi connectivity index (χ4n) is 2.04. The SMILES string of the molecule is Cc1nnc(S[C@H](C)C(=O)NCC(=O)Nc2c(C)cccc2C)s1. The van der Waals surface area contributed by atoms with E-state index in [-0.39, 0.29) is 23.6 Å². The number of carbonyl (C=O) groups excluding carboxylic acids is 2. The maximum Gasteiger partial charge on any atom is 0.243 e. The minimum absolute atomic E-state index is 0.0628. The monoisotopic (exact) mass is 364 g/mol. The van der Waals surface area contributed by atoms with Crippen LogP contribution in [-0.2, 0) is 9.59 Å². The summed E-state index contributed by atoms with van der Waals surface area (Å²) in [6.07, 6.45) is 0. The predicted molar refractivity (Wildman–Crippen MR) is 97.5 cm³/mol. The van der Waals surface area contributed by atoms with Crippen molar-refractivity contribution in [1.29, 1.82) is 0 Å². The molecule has 8 heteroatoms. The number of hydrogen-bond acceptors (Lipinski definition) is 6. The van der Waals surface area contributed by atoms with E-state index in [0.717, 1.165) is 26.2 Å². The van der Waals surface area contributed by atoms with E-state index in [1.807, 2.05) is 39.0 Å². The van der Waals surface area contributed by atoms with Gasteiger partial charge in [0.25, 0.3) is 0 Å². The van der Waals surface area contributed by atoms with E-state index in [4.69, 9.17) is 0 Å². The topological polar surface area (TPSA) is 84.0 Å². The number of thioether (sulfide) groups is 1. The minimum atomic E-state index is -0.342. The molecular formula is C16H20N4O2S2. The molecule has 1 aromatic carbocycles. The molecule has 2 aromatic rings. The number of anilines is 1. The molecule has 1 heterocycles. The molecule has 0 aliphatic carbocycles. The van der Waals surface area contributed by atoms with E-state index in [1.165, 1.54) is 23.1 Å². The highest BCUT2D eigenvalue weighted by molar-refractivity contribution is 8.02. The number of carbonyl (C=O) groups is 2. The fourth-order valence-corrected chi connectivity index (χ4v) is 4.02. The third-order valence-electron chi connectivity index (χ3n) is 3.32. The maximum absolute atomic E-state index is 12.1. The van der Waals surface area contributed by atoms with Crippen molar-refractivity contribution in [3.63, 3.8) is 0 Å². The first-order valence-corrected chi connectivity index (χ1v) is 9.17. The number of hydrogen-bond donors (Lipinski definition) is 2. The van der Waals surface area contributed by atoms with E-state index >= 15 is 0 Å². The Morgan fingerprint density at radius 1 is 1.21 bits per heavy atom. The highest BCUT2D eigenvalue weighted by Gasteiger charge is 2.17. The molecule has 128 valence electrons. The van der Waals surface area contributed by atoms with Crippen molar-refractivity contribution in [1.82, 2.24) is 15.5 Å². The van der Waals surface area contributed by atoms with Crippen molar-refractivity contribution in [2.75, 3.05) is 11.9 Å². The van der Waals surface area contributed by atoms with Gasteiger partial charge in [-0.25, -0.2) is 0 Å². The molecule has 0 aliphatic rings. The van der Waals surface area contributed by atoms with E-state index in [0.29, 0.717) is 0 Å². The van der Waals surface area contributed by atoms with Crippen molar-refractivity contribution in [2.24, 2.45) is 0 Å². The van der Waals surface area contributed by atoms with Gasteiger partial charge in [-0.2, -0.15) is 0 Å². The van der Waals surface area contributed by atoms with Crippen LogP contribution in [0.3, 0.4) is 0 Å². The summed E-state index contributed by atoms with van der Waals surface area (Å²) in [6, 6.07) is 5.81. The fraction of sp³-hybridized carbons (Fsp3) is 0.375. The van der Waals surface area contributed by atoms with Crippen LogP contribution in [0.25, 0.3) is 0 Å². The molecule has 2 amide bonds. The second kappa shape index (κ2) is 8.25. The van der Waals surface area contributed by atoms with Crippen molar-refractivity contribution in [2.45, 2.75) is 37.3 Å². The average molecular weight is 364 g/mol. The number of aryl methyl sites for hydroxylation is 3. The van der Waals surface area contributed by atoms with Crippen LogP contribution in [0.5, 0.6) is 0 Å². The van der Waals surface area contributed by atoms with Gasteiger partial charge in [0.05, 0.1) is 11.8 Å². The quantitative estimate of drug-likeness (QED) is 0.770. The van der Waals surface area contributed by atoms with Crippen LogP contribution in [0.2, 0.25) is 0 Å². The number of rotatable bonds is 6. The number of nitrogens with one attached hydrogen (secondary N) is 2. The Hall–Kier alpha value is -1.93. The lowest BCUT2D eigenvalue weighted by molar-refractivity contribution is -0.123. The normalized spacial score (nSPS) is 11.8. The Morgan fingerprint density at radius 3 is 2.46 bits per heavy atom. The molecule has 0 saturated heterocycles. The smallest absolute Gasteiger partial charge is 0.243 e. The van der Waals surface area contributed by atoms with Gasteiger partial charge in [0.15, 0.2) is 4.34 Å². The zero-order valence-electron chi connectivity index (χ0n) is 14.0. The standard InChI is InChI=1S/C16H20N4O2S2/c1-9-6-5-7-10(2)14(9)18-13(21)8-17-15(22)11(3)23-16-20-19-12(4)24-16/h5-7,11H,8H2,1-4H3,(H,17,22)(H,18,21)/t11-/m1/s1. The molecule has 0 aliphatic heterocycles. The van der Waals surface area contributed by atoms with Crippen molar-refractivity contribution in [3.8, 4) is 0 Å². The summed E-state index contributed by atoms with van der Waals surface area (Å²) in [5, 5.41) is 13.9. The number of para-hydroxylation sites is 1. The molecule has 0 bridgehead atoms. The first kappa shape index (κ1) is 18.4. The molecule has 2 rings (SSSR count). The number of benzene rings is 1. The van der Waals surface area contributed by atoms with Crippen LogP contribution < -0.4 is 10.6 Å². The average Bonchev–Trinajstić information content (AvgIpc) is 2.93. The van der Waals surface area contributed by atoms with Gasteiger partial charge in [-0.05, 0) is 38.8 Å². The first-order valence-electron chi connectivity index (χ1n) is 7.47. The third kappa shape index (κ3) is 5.04. The summed E-state index contributed by atoms with van der Waals surface area (Å²) in [6.45, 7) is 7.45. The van der Waals surface area contributed by atoms with Crippen molar-refractivity contribution >= 4 is 40.6 Å². The Balaban J connectivity index is 1.83. The number of nitrogens with zero attached hydrogens (tertiary/aromatic N) is 2. The lowest BCUT2D eigenvalue weighted by Gasteiger charge is -2.13. The maximum atomic E-state index is 12.1. The molecular weight excluding hydrogens is 344 g/mol. The number of amides is 2. The summed E-state index contributed by atoms with van der Waals surface area (Å²) in [7, 11) is 0. The van der Waals surface area contributed by atoms with Gasteiger partial charge in [-0.3, -0.25) is 9.59 Å². The molecule has 0 fully saturated rings. The van der Waals surface area contributed by atoms with Crippen LogP contribution >= 0.6 is 23.1 Å². The van der Waals surface area contributed by atoms with Crippen LogP contribution in [0.4, 0.5) is 5.69 Å². The van der Waals surface area contributed by atoms with Gasteiger partial charge in [-0.15, -0.1) is 10.2 Å². The van der Waals surface area contributed by atoms with Gasteiger partial charge in [0, 0.05) is 5.69 Å². The lowest BCUT2D eigenvalue weighted by Crippen LogP contribution is -2.37. The third-order valence-corrected chi connectivity index (χ3v) is 5.35. The van der Waals surface area contributed by atoms with Crippen LogP contribution in [0, 0.1) is 20.8 Å². The second-order valence-electron chi connectivity index (χ2n) is 5.38. The van der Waals surface area contributed by atoms with Crippen molar-refractivity contribution < 1.29 is 9.59 Å². The van der Waals surface area contributed by atoms with Gasteiger partial charge >= 0.3 is 0 Å². The molecule has 1 atom stereocenters. The van der Waals surface area contributed by atoms with E-state index in [2.05, 4.69) is 20.8 Å². The summed E-state index contributed by atoms with van der Waals surface area (Å²) < 4.78 is 0.745. The van der Waals surface area contributed by atoms with E-state index < -0.39 is 0 Å². The molecule has 2 N–H and O–H groups in total. The van der Waals surface area contributed by atoms with Gasteiger partial charge < -0.3 is 10.6 Å². The Labute approximate surface area is 149 Å². The van der Waals surface area contributed by atoms with Gasteiger partial charge in [-0.1, -0.05) is 41.3 Å². The molecule has 6 nitrogen and oxygen atoms in total. The predicted octanol–water partition coefficient (Wildman–Crippen LogP) is 2.70. The molecule has 0 saturated carbocycles. The Bertz CT molecular complexity index is 725. The largest absolute Gasteiger partial charge is 0.346 e. The lowest BCUT2D eigenvalue weighted by atomic mass is 10.1.